The van der Waals surface area contributed by atoms with Gasteiger partial charge in [0.05, 0.1) is 0 Å². The Bertz CT molecular complexity index is 264. The quantitative estimate of drug-likeness (QED) is 0.509. The third kappa shape index (κ3) is 2.34. The van der Waals surface area contributed by atoms with Gasteiger partial charge < -0.3 is 4.84 Å². The Labute approximate surface area is 71.3 Å². The summed E-state index contributed by atoms with van der Waals surface area (Å²) in [6.07, 6.45) is 0. The number of aryl methyl sites for hydroxylation is 2. The third-order valence-corrected chi connectivity index (χ3v) is 1.57. The number of hydrogen-bond donors (Lipinski definition) is 0. The first kappa shape index (κ1) is 8.71. The van der Waals surface area contributed by atoms with Crippen molar-refractivity contribution in [3.05, 3.63) is 39.8 Å². The van der Waals surface area contributed by atoms with Crippen molar-refractivity contribution in [1.29, 1.82) is 0 Å². The minimum Gasteiger partial charge on any atom is -0.359 e. The first-order valence-corrected chi connectivity index (χ1v) is 3.74. The molecule has 0 saturated heterocycles. The van der Waals surface area contributed by atoms with E-state index >= 15 is 0 Å². The van der Waals surface area contributed by atoms with Crippen molar-refractivity contribution < 1.29 is 4.84 Å². The van der Waals surface area contributed by atoms with Crippen molar-refractivity contribution in [3.8, 4) is 0 Å². The average Bonchev–Trinajstić information content (AvgIpc) is 1.99. The fourth-order valence-corrected chi connectivity index (χ4v) is 1.25. The van der Waals surface area contributed by atoms with Crippen molar-refractivity contribution >= 4 is 0 Å². The second-order valence-electron chi connectivity index (χ2n) is 2.84. The molecular weight excluding hydrogens is 154 g/mol. The van der Waals surface area contributed by atoms with E-state index in [0.29, 0.717) is 0 Å². The SMILES string of the molecule is Cc1cc(C)cc(CON=O)c1. The van der Waals surface area contributed by atoms with Gasteiger partial charge in [-0.25, -0.2) is 0 Å². The summed E-state index contributed by atoms with van der Waals surface area (Å²) in [6, 6.07) is 6.01. The zero-order valence-corrected chi connectivity index (χ0v) is 7.20. The Kier molecular flexibility index (Phi) is 2.80. The largest absolute Gasteiger partial charge is 0.359 e. The van der Waals surface area contributed by atoms with Crippen molar-refractivity contribution in [2.24, 2.45) is 5.34 Å². The molecule has 1 aromatic rings. The molecule has 0 saturated carbocycles. The van der Waals surface area contributed by atoms with E-state index in [2.05, 4.69) is 16.2 Å². The highest BCUT2D eigenvalue weighted by molar-refractivity contribution is 5.27. The lowest BCUT2D eigenvalue weighted by atomic mass is 10.1. The topological polar surface area (TPSA) is 38.7 Å². The molecule has 1 rings (SSSR count). The van der Waals surface area contributed by atoms with Crippen LogP contribution >= 0.6 is 0 Å². The lowest BCUT2D eigenvalue weighted by Gasteiger charge is -2.01. The van der Waals surface area contributed by atoms with Gasteiger partial charge in [-0.2, -0.15) is 0 Å². The molecule has 0 N–H and O–H groups in total. The van der Waals surface area contributed by atoms with E-state index in [4.69, 9.17) is 0 Å². The molecule has 12 heavy (non-hydrogen) atoms. The van der Waals surface area contributed by atoms with Crippen LogP contribution in [0.2, 0.25) is 0 Å². The molecule has 0 bridgehead atoms. The van der Waals surface area contributed by atoms with E-state index in [1.54, 1.807) is 0 Å². The molecule has 3 nitrogen and oxygen atoms in total. The summed E-state index contributed by atoms with van der Waals surface area (Å²) >= 11 is 0. The molecule has 64 valence electrons. The van der Waals surface area contributed by atoms with Gasteiger partial charge in [0.2, 0.25) is 0 Å². The second-order valence-corrected chi connectivity index (χ2v) is 2.84. The van der Waals surface area contributed by atoms with Gasteiger partial charge in [-0.05, 0) is 19.4 Å². The highest BCUT2D eigenvalue weighted by atomic mass is 16.7. The Morgan fingerprint density at radius 3 is 2.33 bits per heavy atom. The maximum Gasteiger partial charge on any atom is 0.155 e. The van der Waals surface area contributed by atoms with Gasteiger partial charge in [0, 0.05) is 0 Å². The van der Waals surface area contributed by atoms with Gasteiger partial charge in [-0.1, -0.05) is 29.3 Å². The van der Waals surface area contributed by atoms with Crippen LogP contribution in [0.25, 0.3) is 0 Å². The first-order valence-electron chi connectivity index (χ1n) is 3.74. The van der Waals surface area contributed by atoms with Crippen molar-refractivity contribution in [3.63, 3.8) is 0 Å². The van der Waals surface area contributed by atoms with E-state index in [1.165, 1.54) is 11.1 Å². The normalized spacial score (nSPS) is 9.50. The Morgan fingerprint density at radius 1 is 1.25 bits per heavy atom. The van der Waals surface area contributed by atoms with Crippen LogP contribution in [0.15, 0.2) is 23.5 Å². The van der Waals surface area contributed by atoms with Gasteiger partial charge in [-0.15, -0.1) is 4.91 Å². The lowest BCUT2D eigenvalue weighted by molar-refractivity contribution is 0.126. The van der Waals surface area contributed by atoms with Crippen LogP contribution < -0.4 is 0 Å². The number of hydrogen-bond acceptors (Lipinski definition) is 3. The standard InChI is InChI=1S/C9H11NO2/c1-7-3-8(2)5-9(4-7)6-12-10-11/h3-5H,6H2,1-2H3. The maximum absolute atomic E-state index is 9.68. The highest BCUT2D eigenvalue weighted by Crippen LogP contribution is 2.09. The van der Waals surface area contributed by atoms with Crippen LogP contribution in [-0.4, -0.2) is 0 Å². The Hall–Kier alpha value is -1.38. The van der Waals surface area contributed by atoms with Crippen LogP contribution in [0.4, 0.5) is 0 Å². The van der Waals surface area contributed by atoms with Gasteiger partial charge in [-0.3, -0.25) is 0 Å². The van der Waals surface area contributed by atoms with E-state index in [0.717, 1.165) is 5.56 Å². The average molecular weight is 165 g/mol. The number of nitrogens with zero attached hydrogens (tertiary/aromatic N) is 1. The van der Waals surface area contributed by atoms with Crippen molar-refractivity contribution in [2.45, 2.75) is 20.5 Å². The molecule has 3 heteroatoms. The molecule has 0 amide bonds. The predicted molar refractivity (Wildman–Crippen MR) is 46.5 cm³/mol. The summed E-state index contributed by atoms with van der Waals surface area (Å²) in [5.41, 5.74) is 3.31. The molecule has 0 unspecified atom stereocenters. The smallest absolute Gasteiger partial charge is 0.155 e. The van der Waals surface area contributed by atoms with Crippen LogP contribution in [0.3, 0.4) is 0 Å². The monoisotopic (exact) mass is 165 g/mol. The summed E-state index contributed by atoms with van der Waals surface area (Å²) in [5.74, 6) is 0. The molecule has 0 aliphatic heterocycles. The van der Waals surface area contributed by atoms with E-state index < -0.39 is 0 Å². The molecule has 0 aliphatic carbocycles. The van der Waals surface area contributed by atoms with Crippen LogP contribution in [0.1, 0.15) is 16.7 Å². The molecule has 0 fully saturated rings. The second kappa shape index (κ2) is 3.85. The minimum atomic E-state index is 0.256. The predicted octanol–water partition coefficient (Wildman–Crippen LogP) is 2.50. The summed E-state index contributed by atoms with van der Waals surface area (Å²) in [5, 5.41) is 2.34. The lowest BCUT2D eigenvalue weighted by Crippen LogP contribution is -1.88. The third-order valence-electron chi connectivity index (χ3n) is 1.57. The summed E-state index contributed by atoms with van der Waals surface area (Å²) in [6.45, 7) is 4.27. The maximum atomic E-state index is 9.68. The van der Waals surface area contributed by atoms with Crippen LogP contribution in [0, 0.1) is 18.8 Å². The molecule has 0 atom stereocenters. The van der Waals surface area contributed by atoms with Crippen molar-refractivity contribution in [1.82, 2.24) is 0 Å². The van der Waals surface area contributed by atoms with E-state index in [-0.39, 0.29) is 6.61 Å². The highest BCUT2D eigenvalue weighted by Gasteiger charge is 1.95. The van der Waals surface area contributed by atoms with Gasteiger partial charge in [0.1, 0.15) is 6.61 Å². The van der Waals surface area contributed by atoms with Crippen LogP contribution in [-0.2, 0) is 11.4 Å². The fourth-order valence-electron chi connectivity index (χ4n) is 1.25. The summed E-state index contributed by atoms with van der Waals surface area (Å²) < 4.78 is 0. The molecule has 0 aromatic heterocycles. The Morgan fingerprint density at radius 2 is 1.83 bits per heavy atom. The van der Waals surface area contributed by atoms with E-state index in [1.807, 2.05) is 26.0 Å². The number of benzene rings is 1. The molecule has 0 aliphatic rings. The van der Waals surface area contributed by atoms with Gasteiger partial charge in [0.25, 0.3) is 0 Å². The zero-order valence-electron chi connectivity index (χ0n) is 7.20. The van der Waals surface area contributed by atoms with E-state index in [9.17, 15) is 4.91 Å². The Balaban J connectivity index is 2.78. The molecular formula is C9H11NO2. The van der Waals surface area contributed by atoms with Gasteiger partial charge >= 0.3 is 0 Å². The van der Waals surface area contributed by atoms with Crippen LogP contribution in [0.5, 0.6) is 0 Å². The van der Waals surface area contributed by atoms with Crippen molar-refractivity contribution in [2.75, 3.05) is 0 Å². The number of rotatable bonds is 3. The fraction of sp³-hybridized carbons (Fsp3) is 0.333. The minimum absolute atomic E-state index is 0.256. The summed E-state index contributed by atoms with van der Waals surface area (Å²) in [4.78, 5) is 14.1. The molecule has 0 radical (unpaired) electrons. The summed E-state index contributed by atoms with van der Waals surface area (Å²) in [7, 11) is 0. The molecule has 0 spiro atoms. The first-order chi connectivity index (χ1) is 5.72. The zero-order chi connectivity index (χ0) is 8.97. The van der Waals surface area contributed by atoms with Gasteiger partial charge in [0.15, 0.2) is 5.34 Å². The molecule has 1 aromatic carbocycles. The molecule has 0 heterocycles.